The zero-order valence-corrected chi connectivity index (χ0v) is 14.5. The molecule has 3 amide bonds. The third kappa shape index (κ3) is 4.79. The minimum absolute atomic E-state index is 0.218. The van der Waals surface area contributed by atoms with E-state index in [1.165, 1.54) is 23.1 Å². The molecule has 0 bridgehead atoms. The van der Waals surface area contributed by atoms with Crippen molar-refractivity contribution < 1.29 is 14.5 Å². The molecule has 0 aliphatic heterocycles. The molecule has 0 spiro atoms. The number of hydrogen-bond acceptors (Lipinski definition) is 2. The molecule has 1 aromatic carbocycles. The normalized spacial score (nSPS) is 16.7. The molecule has 0 heterocycles. The van der Waals surface area contributed by atoms with Crippen LogP contribution in [0.5, 0.6) is 0 Å². The average molecular weight is 318 g/mol. The van der Waals surface area contributed by atoms with E-state index in [0.29, 0.717) is 12.0 Å². The molecule has 1 saturated carbocycles. The molecule has 1 aliphatic carbocycles. The summed E-state index contributed by atoms with van der Waals surface area (Å²) in [4.78, 5) is 24.8. The second-order valence-electron chi connectivity index (χ2n) is 6.71. The summed E-state index contributed by atoms with van der Waals surface area (Å²) in [6.07, 6.45) is 2.30. The predicted octanol–water partition coefficient (Wildman–Crippen LogP) is 1.20. The van der Waals surface area contributed by atoms with Crippen LogP contribution in [-0.4, -0.2) is 31.1 Å². The van der Waals surface area contributed by atoms with E-state index in [1.54, 1.807) is 0 Å². The van der Waals surface area contributed by atoms with Crippen LogP contribution < -0.4 is 15.5 Å². The van der Waals surface area contributed by atoms with Crippen LogP contribution in [0.15, 0.2) is 24.3 Å². The molecule has 2 rings (SSSR count). The maximum atomic E-state index is 12.2. The van der Waals surface area contributed by atoms with E-state index < -0.39 is 6.03 Å². The minimum atomic E-state index is -0.446. The van der Waals surface area contributed by atoms with Gasteiger partial charge in [-0.25, -0.2) is 4.79 Å². The van der Waals surface area contributed by atoms with Crippen LogP contribution in [-0.2, 0) is 11.3 Å². The number of carbonyl (C=O) groups is 2. The van der Waals surface area contributed by atoms with Crippen molar-refractivity contribution in [3.8, 4) is 0 Å². The van der Waals surface area contributed by atoms with Crippen molar-refractivity contribution in [2.75, 3.05) is 7.05 Å². The van der Waals surface area contributed by atoms with Crippen LogP contribution in [0.1, 0.15) is 50.7 Å². The van der Waals surface area contributed by atoms with E-state index in [4.69, 9.17) is 0 Å². The Morgan fingerprint density at radius 3 is 2.26 bits per heavy atom. The van der Waals surface area contributed by atoms with Crippen LogP contribution in [0.2, 0.25) is 0 Å². The Kier molecular flexibility index (Phi) is 5.77. The van der Waals surface area contributed by atoms with Crippen molar-refractivity contribution in [3.63, 3.8) is 0 Å². The Morgan fingerprint density at radius 2 is 1.78 bits per heavy atom. The summed E-state index contributed by atoms with van der Waals surface area (Å²) in [7, 11) is 1.51. The second-order valence-corrected chi connectivity index (χ2v) is 6.71. The number of quaternary nitrogens is 1. The SMILES string of the molecule is CNC(=O)NC(=O)[C@H](C)[NH+](Cc1ccc(C(C)C)cc1)C1CC1. The molecule has 126 valence electrons. The van der Waals surface area contributed by atoms with E-state index in [9.17, 15) is 9.59 Å². The summed E-state index contributed by atoms with van der Waals surface area (Å²) in [6, 6.07) is 8.47. The third-order valence-electron chi connectivity index (χ3n) is 4.57. The molecule has 5 nitrogen and oxygen atoms in total. The molecule has 5 heteroatoms. The van der Waals surface area contributed by atoms with Crippen molar-refractivity contribution in [2.24, 2.45) is 0 Å². The number of urea groups is 1. The molecular formula is C18H28N3O2+. The molecule has 23 heavy (non-hydrogen) atoms. The molecule has 1 aliphatic rings. The van der Waals surface area contributed by atoms with Crippen molar-refractivity contribution in [2.45, 2.75) is 58.2 Å². The van der Waals surface area contributed by atoms with Crippen LogP contribution in [0.3, 0.4) is 0 Å². The Bertz CT molecular complexity index is 550. The number of imide groups is 1. The van der Waals surface area contributed by atoms with Gasteiger partial charge in [0.15, 0.2) is 6.04 Å². The van der Waals surface area contributed by atoms with Gasteiger partial charge in [-0.1, -0.05) is 38.1 Å². The molecule has 1 aromatic rings. The first kappa shape index (κ1) is 17.5. The molecule has 2 atom stereocenters. The van der Waals surface area contributed by atoms with Crippen molar-refractivity contribution in [1.29, 1.82) is 0 Å². The Morgan fingerprint density at radius 1 is 1.17 bits per heavy atom. The molecule has 0 radical (unpaired) electrons. The number of hydrogen-bond donors (Lipinski definition) is 3. The minimum Gasteiger partial charge on any atom is -0.341 e. The summed E-state index contributed by atoms with van der Waals surface area (Å²) >= 11 is 0. The highest BCUT2D eigenvalue weighted by Crippen LogP contribution is 2.18. The van der Waals surface area contributed by atoms with Crippen LogP contribution in [0, 0.1) is 0 Å². The first-order chi connectivity index (χ1) is 10.9. The highest BCUT2D eigenvalue weighted by atomic mass is 16.2. The highest BCUT2D eigenvalue weighted by molar-refractivity contribution is 5.96. The summed E-state index contributed by atoms with van der Waals surface area (Å²) in [5, 5.41) is 4.81. The lowest BCUT2D eigenvalue weighted by molar-refractivity contribution is -0.938. The van der Waals surface area contributed by atoms with Gasteiger partial charge in [-0.15, -0.1) is 0 Å². The molecule has 3 N–H and O–H groups in total. The predicted molar refractivity (Wildman–Crippen MR) is 90.3 cm³/mol. The maximum absolute atomic E-state index is 12.2. The van der Waals surface area contributed by atoms with E-state index >= 15 is 0 Å². The average Bonchev–Trinajstić information content (AvgIpc) is 3.36. The Hall–Kier alpha value is -1.88. The largest absolute Gasteiger partial charge is 0.341 e. The lowest BCUT2D eigenvalue weighted by Crippen LogP contribution is -3.16. The number of nitrogens with one attached hydrogen (secondary N) is 3. The van der Waals surface area contributed by atoms with Crippen molar-refractivity contribution in [1.82, 2.24) is 10.6 Å². The standard InChI is InChI=1S/C18H27N3O2/c1-12(2)15-7-5-14(6-8-15)11-21(16-9-10-16)13(3)17(22)20-18(23)19-4/h5-8,12-13,16H,9-11H2,1-4H3,(H2,19,20,22,23)/p+1/t13-/m0/s1. The maximum Gasteiger partial charge on any atom is 0.321 e. The van der Waals surface area contributed by atoms with Crippen LogP contribution >= 0.6 is 0 Å². The van der Waals surface area contributed by atoms with Gasteiger partial charge in [0.25, 0.3) is 5.91 Å². The molecule has 1 fully saturated rings. The summed E-state index contributed by atoms with van der Waals surface area (Å²) in [5.74, 6) is 0.304. The van der Waals surface area contributed by atoms with Gasteiger partial charge in [0.05, 0.1) is 6.04 Å². The van der Waals surface area contributed by atoms with Gasteiger partial charge < -0.3 is 10.2 Å². The van der Waals surface area contributed by atoms with Gasteiger partial charge in [-0.2, -0.15) is 0 Å². The molecule has 1 unspecified atom stereocenters. The molecule has 0 aromatic heterocycles. The Labute approximate surface area is 138 Å². The first-order valence-electron chi connectivity index (χ1n) is 8.39. The van der Waals surface area contributed by atoms with Crippen LogP contribution in [0.4, 0.5) is 4.79 Å². The number of rotatable bonds is 6. The Balaban J connectivity index is 2.03. The lowest BCUT2D eigenvalue weighted by atomic mass is 10.0. The van der Waals surface area contributed by atoms with Gasteiger partial charge in [-0.3, -0.25) is 10.1 Å². The van der Waals surface area contributed by atoms with Gasteiger partial charge in [0, 0.05) is 25.5 Å². The number of carbonyl (C=O) groups excluding carboxylic acids is 2. The fourth-order valence-corrected chi connectivity index (χ4v) is 2.81. The topological polar surface area (TPSA) is 62.6 Å². The summed E-state index contributed by atoms with van der Waals surface area (Å²) in [6.45, 7) is 7.07. The van der Waals surface area contributed by atoms with Crippen molar-refractivity contribution >= 4 is 11.9 Å². The number of benzene rings is 1. The van der Waals surface area contributed by atoms with Gasteiger partial charge in [-0.05, 0) is 18.4 Å². The zero-order chi connectivity index (χ0) is 17.0. The van der Waals surface area contributed by atoms with E-state index in [0.717, 1.165) is 19.4 Å². The van der Waals surface area contributed by atoms with Crippen molar-refractivity contribution in [3.05, 3.63) is 35.4 Å². The van der Waals surface area contributed by atoms with E-state index in [1.807, 2.05) is 6.92 Å². The summed E-state index contributed by atoms with van der Waals surface area (Å²) < 4.78 is 0. The monoisotopic (exact) mass is 318 g/mol. The first-order valence-corrected chi connectivity index (χ1v) is 8.39. The number of amides is 3. The smallest absolute Gasteiger partial charge is 0.321 e. The quantitative estimate of drug-likeness (QED) is 0.738. The second kappa shape index (κ2) is 7.59. The van der Waals surface area contributed by atoms with Gasteiger partial charge in [0.1, 0.15) is 6.54 Å². The van der Waals surface area contributed by atoms with Gasteiger partial charge >= 0.3 is 6.03 Å². The third-order valence-corrected chi connectivity index (χ3v) is 4.57. The van der Waals surface area contributed by atoms with Gasteiger partial charge in [0.2, 0.25) is 0 Å². The molecule has 0 saturated heterocycles. The van der Waals surface area contributed by atoms with E-state index in [-0.39, 0.29) is 11.9 Å². The fourth-order valence-electron chi connectivity index (χ4n) is 2.81. The zero-order valence-electron chi connectivity index (χ0n) is 14.5. The van der Waals surface area contributed by atoms with Crippen LogP contribution in [0.25, 0.3) is 0 Å². The highest BCUT2D eigenvalue weighted by Gasteiger charge is 2.39. The fraction of sp³-hybridized carbons (Fsp3) is 0.556. The summed E-state index contributed by atoms with van der Waals surface area (Å²) in [5.41, 5.74) is 2.56. The lowest BCUT2D eigenvalue weighted by Gasteiger charge is -2.25. The van der Waals surface area contributed by atoms with E-state index in [2.05, 4.69) is 48.7 Å². The molecular weight excluding hydrogens is 290 g/mol.